The molecule has 1 aliphatic carbocycles. The second kappa shape index (κ2) is 7.98. The van der Waals surface area contributed by atoms with Crippen LogP contribution >= 0.6 is 0 Å². The minimum Gasteiger partial charge on any atom is -0.452 e. The van der Waals surface area contributed by atoms with Crippen molar-refractivity contribution in [2.75, 3.05) is 13.2 Å². The first kappa shape index (κ1) is 19.0. The topological polar surface area (TPSA) is 98.5 Å². The minimum atomic E-state index is -0.594. The number of aryl methyl sites for hydroxylation is 1. The Hall–Kier alpha value is -3.29. The Labute approximate surface area is 168 Å². The second-order valence-electron chi connectivity index (χ2n) is 7.30. The molecule has 0 saturated heterocycles. The molecular formula is C21H23N5O3. The van der Waals surface area contributed by atoms with Crippen LogP contribution in [0.25, 0.3) is 5.78 Å². The molecule has 29 heavy (non-hydrogen) atoms. The van der Waals surface area contributed by atoms with Crippen LogP contribution in [-0.2, 0) is 21.4 Å². The van der Waals surface area contributed by atoms with E-state index >= 15 is 0 Å². The van der Waals surface area contributed by atoms with Crippen LogP contribution < -0.4 is 5.32 Å². The number of ether oxygens (including phenoxy) is 1. The van der Waals surface area contributed by atoms with Gasteiger partial charge in [-0.3, -0.25) is 4.79 Å². The van der Waals surface area contributed by atoms with E-state index in [2.05, 4.69) is 32.5 Å². The predicted octanol–water partition coefficient (Wildman–Crippen LogP) is 2.08. The van der Waals surface area contributed by atoms with Crippen LogP contribution in [0.15, 0.2) is 42.9 Å². The SMILES string of the molecule is CCc1c(C(=O)OCC(=O)NCC2(c3ccccc3)CCC2)cnc2ncnn12. The van der Waals surface area contributed by atoms with Crippen LogP contribution in [0.3, 0.4) is 0 Å². The van der Waals surface area contributed by atoms with Gasteiger partial charge in [0.1, 0.15) is 6.33 Å². The molecule has 2 heterocycles. The molecule has 1 saturated carbocycles. The molecule has 0 aliphatic heterocycles. The van der Waals surface area contributed by atoms with Gasteiger partial charge in [-0.25, -0.2) is 14.3 Å². The zero-order valence-electron chi connectivity index (χ0n) is 16.3. The largest absolute Gasteiger partial charge is 0.452 e. The van der Waals surface area contributed by atoms with Crippen molar-refractivity contribution in [3.05, 3.63) is 59.7 Å². The molecule has 1 N–H and O–H groups in total. The maximum atomic E-state index is 12.5. The van der Waals surface area contributed by atoms with Gasteiger partial charge >= 0.3 is 5.97 Å². The highest BCUT2D eigenvalue weighted by Crippen LogP contribution is 2.43. The maximum Gasteiger partial charge on any atom is 0.342 e. The van der Waals surface area contributed by atoms with Crippen molar-refractivity contribution < 1.29 is 14.3 Å². The number of fused-ring (bicyclic) bond motifs is 1. The quantitative estimate of drug-likeness (QED) is 0.617. The van der Waals surface area contributed by atoms with Gasteiger partial charge in [0, 0.05) is 18.2 Å². The number of amides is 1. The lowest BCUT2D eigenvalue weighted by molar-refractivity contribution is -0.124. The molecule has 8 nitrogen and oxygen atoms in total. The van der Waals surface area contributed by atoms with E-state index in [1.54, 1.807) is 0 Å². The van der Waals surface area contributed by atoms with Crippen molar-refractivity contribution in [1.29, 1.82) is 0 Å². The Morgan fingerprint density at radius 1 is 1.21 bits per heavy atom. The molecule has 1 aliphatic rings. The van der Waals surface area contributed by atoms with Crippen LogP contribution in [0.4, 0.5) is 0 Å². The van der Waals surface area contributed by atoms with Gasteiger partial charge < -0.3 is 10.1 Å². The summed E-state index contributed by atoms with van der Waals surface area (Å²) in [4.78, 5) is 32.9. The number of rotatable bonds is 7. The number of carbonyl (C=O) groups is 2. The number of aromatic nitrogens is 4. The van der Waals surface area contributed by atoms with E-state index in [9.17, 15) is 9.59 Å². The Morgan fingerprint density at radius 2 is 2.00 bits per heavy atom. The van der Waals surface area contributed by atoms with Crippen molar-refractivity contribution in [2.24, 2.45) is 0 Å². The summed E-state index contributed by atoms with van der Waals surface area (Å²) in [7, 11) is 0. The molecule has 4 rings (SSSR count). The summed E-state index contributed by atoms with van der Waals surface area (Å²) < 4.78 is 6.74. The molecule has 0 radical (unpaired) electrons. The van der Waals surface area contributed by atoms with E-state index in [1.807, 2.05) is 25.1 Å². The summed E-state index contributed by atoms with van der Waals surface area (Å²) in [6.07, 6.45) is 6.59. The van der Waals surface area contributed by atoms with E-state index in [4.69, 9.17) is 4.74 Å². The molecule has 1 fully saturated rings. The number of esters is 1. The number of carbonyl (C=O) groups excluding carboxylic acids is 2. The lowest BCUT2D eigenvalue weighted by atomic mass is 9.64. The average molecular weight is 393 g/mol. The van der Waals surface area contributed by atoms with Gasteiger partial charge in [-0.2, -0.15) is 10.1 Å². The third-order valence-electron chi connectivity index (χ3n) is 5.62. The van der Waals surface area contributed by atoms with Gasteiger partial charge in [0.15, 0.2) is 6.61 Å². The fourth-order valence-corrected chi connectivity index (χ4v) is 3.83. The standard InChI is InChI=1S/C21H23N5O3/c1-2-17-16(11-22-20-24-14-25-26(17)20)19(28)29-12-18(27)23-13-21(9-6-10-21)15-7-4-3-5-8-15/h3-5,7-8,11,14H,2,6,9-10,12-13H2,1H3,(H,23,27). The van der Waals surface area contributed by atoms with Crippen LogP contribution in [0, 0.1) is 0 Å². The van der Waals surface area contributed by atoms with Gasteiger partial charge in [-0.1, -0.05) is 43.7 Å². The minimum absolute atomic E-state index is 0.0155. The Balaban J connectivity index is 1.36. The van der Waals surface area contributed by atoms with Crippen LogP contribution in [0.2, 0.25) is 0 Å². The van der Waals surface area contributed by atoms with E-state index in [0.29, 0.717) is 24.4 Å². The summed E-state index contributed by atoms with van der Waals surface area (Å²) in [5, 5.41) is 7.01. The molecule has 3 aromatic rings. The maximum absolute atomic E-state index is 12.5. The highest BCUT2D eigenvalue weighted by molar-refractivity contribution is 5.92. The first-order chi connectivity index (χ1) is 14.1. The van der Waals surface area contributed by atoms with Crippen molar-refractivity contribution in [1.82, 2.24) is 24.9 Å². The van der Waals surface area contributed by atoms with Crippen molar-refractivity contribution >= 4 is 17.7 Å². The molecule has 8 heteroatoms. The summed E-state index contributed by atoms with van der Waals surface area (Å²) >= 11 is 0. The van der Waals surface area contributed by atoms with Gasteiger partial charge in [0.2, 0.25) is 0 Å². The second-order valence-corrected chi connectivity index (χ2v) is 7.30. The normalized spacial score (nSPS) is 14.9. The molecule has 0 atom stereocenters. The smallest absolute Gasteiger partial charge is 0.342 e. The molecule has 0 spiro atoms. The lowest BCUT2D eigenvalue weighted by Crippen LogP contribution is -2.46. The van der Waals surface area contributed by atoms with E-state index in [1.165, 1.54) is 22.6 Å². The highest BCUT2D eigenvalue weighted by Gasteiger charge is 2.38. The average Bonchev–Trinajstić information content (AvgIpc) is 3.20. The first-order valence-electron chi connectivity index (χ1n) is 9.80. The predicted molar refractivity (Wildman–Crippen MR) is 105 cm³/mol. The summed E-state index contributed by atoms with van der Waals surface area (Å²) in [6, 6.07) is 10.2. The van der Waals surface area contributed by atoms with E-state index in [0.717, 1.165) is 19.3 Å². The number of benzene rings is 1. The lowest BCUT2D eigenvalue weighted by Gasteiger charge is -2.42. The Kier molecular flexibility index (Phi) is 5.24. The molecular weight excluding hydrogens is 370 g/mol. The molecule has 1 amide bonds. The highest BCUT2D eigenvalue weighted by atomic mass is 16.5. The van der Waals surface area contributed by atoms with Gasteiger partial charge in [0.25, 0.3) is 11.7 Å². The molecule has 150 valence electrons. The number of nitrogens with zero attached hydrogens (tertiary/aromatic N) is 4. The Bertz CT molecular complexity index is 1030. The number of hydrogen-bond acceptors (Lipinski definition) is 6. The van der Waals surface area contributed by atoms with E-state index in [-0.39, 0.29) is 23.5 Å². The molecule has 0 bridgehead atoms. The summed E-state index contributed by atoms with van der Waals surface area (Å²) in [5.74, 6) is -0.487. The Morgan fingerprint density at radius 3 is 2.69 bits per heavy atom. The third-order valence-corrected chi connectivity index (χ3v) is 5.62. The van der Waals surface area contributed by atoms with Crippen LogP contribution in [0.5, 0.6) is 0 Å². The molecule has 0 unspecified atom stereocenters. The fraction of sp³-hybridized carbons (Fsp3) is 0.381. The van der Waals surface area contributed by atoms with Crippen LogP contribution in [-0.4, -0.2) is 44.6 Å². The number of hydrogen-bond donors (Lipinski definition) is 1. The van der Waals surface area contributed by atoms with Crippen molar-refractivity contribution in [2.45, 2.75) is 38.0 Å². The van der Waals surface area contributed by atoms with Crippen LogP contribution in [0.1, 0.15) is 47.8 Å². The monoisotopic (exact) mass is 393 g/mol. The van der Waals surface area contributed by atoms with Gasteiger partial charge in [-0.05, 0) is 24.8 Å². The van der Waals surface area contributed by atoms with Crippen molar-refractivity contribution in [3.63, 3.8) is 0 Å². The summed E-state index contributed by atoms with van der Waals surface area (Å²) in [5.41, 5.74) is 2.16. The van der Waals surface area contributed by atoms with Crippen molar-refractivity contribution in [3.8, 4) is 0 Å². The third kappa shape index (κ3) is 3.70. The number of nitrogens with one attached hydrogen (secondary N) is 1. The molecule has 1 aromatic carbocycles. The molecule has 2 aromatic heterocycles. The fourth-order valence-electron chi connectivity index (χ4n) is 3.83. The summed E-state index contributed by atoms with van der Waals surface area (Å²) in [6.45, 7) is 2.11. The van der Waals surface area contributed by atoms with Gasteiger partial charge in [-0.15, -0.1) is 0 Å². The van der Waals surface area contributed by atoms with Gasteiger partial charge in [0.05, 0.1) is 11.3 Å². The zero-order valence-corrected chi connectivity index (χ0v) is 16.3. The van der Waals surface area contributed by atoms with E-state index < -0.39 is 5.97 Å². The zero-order chi connectivity index (χ0) is 20.3. The first-order valence-corrected chi connectivity index (χ1v) is 9.80.